The zero-order valence-corrected chi connectivity index (χ0v) is 17.4. The van der Waals surface area contributed by atoms with E-state index >= 15 is 0 Å². The molecule has 1 saturated carbocycles. The summed E-state index contributed by atoms with van der Waals surface area (Å²) in [4.78, 5) is 15.5. The van der Waals surface area contributed by atoms with Crippen molar-refractivity contribution in [2.75, 3.05) is 6.54 Å². The number of fused-ring (bicyclic) bond motifs is 1. The molecule has 1 unspecified atom stereocenters. The van der Waals surface area contributed by atoms with Crippen LogP contribution < -0.4 is 0 Å². The van der Waals surface area contributed by atoms with Gasteiger partial charge in [-0.3, -0.25) is 4.79 Å². The molecule has 1 aromatic rings. The average Bonchev–Trinajstić information content (AvgIpc) is 3.21. The van der Waals surface area contributed by atoms with Gasteiger partial charge in [-0.25, -0.2) is 0 Å². The van der Waals surface area contributed by atoms with E-state index in [1.165, 1.54) is 32.1 Å². The minimum atomic E-state index is 0.150. The summed E-state index contributed by atoms with van der Waals surface area (Å²) in [6, 6.07) is 0.150. The molecule has 3 aliphatic rings. The highest BCUT2D eigenvalue weighted by molar-refractivity contribution is 5.79. The van der Waals surface area contributed by atoms with Crippen molar-refractivity contribution in [2.24, 2.45) is 17.3 Å². The Balaban J connectivity index is 1.46. The van der Waals surface area contributed by atoms with E-state index in [2.05, 4.69) is 40.4 Å². The van der Waals surface area contributed by atoms with Gasteiger partial charge in [0.15, 0.2) is 5.82 Å². The van der Waals surface area contributed by atoms with Crippen molar-refractivity contribution < 1.29 is 4.79 Å². The number of aromatic nitrogens is 3. The molecular weight excluding hydrogens is 336 g/mol. The number of amides is 1. The van der Waals surface area contributed by atoms with Crippen molar-refractivity contribution in [1.29, 1.82) is 0 Å². The molecule has 0 bridgehead atoms. The number of aryl methyl sites for hydroxylation is 1. The fraction of sp³-hybridized carbons (Fsp3) is 0.864. The first-order chi connectivity index (χ1) is 12.9. The summed E-state index contributed by atoms with van der Waals surface area (Å²) in [7, 11) is 0. The molecule has 0 N–H and O–H groups in total. The van der Waals surface area contributed by atoms with Gasteiger partial charge < -0.3 is 9.47 Å². The van der Waals surface area contributed by atoms with Crippen LogP contribution in [-0.2, 0) is 17.8 Å². The van der Waals surface area contributed by atoms with Gasteiger partial charge in [-0.1, -0.05) is 27.2 Å². The lowest BCUT2D eigenvalue weighted by molar-refractivity contribution is -0.138. The van der Waals surface area contributed by atoms with Crippen LogP contribution in [0, 0.1) is 17.3 Å². The van der Waals surface area contributed by atoms with Crippen LogP contribution in [0.3, 0.4) is 0 Å². The van der Waals surface area contributed by atoms with Crippen LogP contribution in [0.4, 0.5) is 0 Å². The van der Waals surface area contributed by atoms with E-state index in [4.69, 9.17) is 0 Å². The molecule has 0 spiro atoms. The Hall–Kier alpha value is -1.39. The molecule has 5 heteroatoms. The molecule has 1 aromatic heterocycles. The van der Waals surface area contributed by atoms with E-state index in [0.29, 0.717) is 11.3 Å². The predicted octanol–water partition coefficient (Wildman–Crippen LogP) is 4.52. The lowest BCUT2D eigenvalue weighted by Gasteiger charge is -2.38. The van der Waals surface area contributed by atoms with Crippen LogP contribution in [0.15, 0.2) is 0 Å². The van der Waals surface area contributed by atoms with Crippen LogP contribution in [0.2, 0.25) is 0 Å². The van der Waals surface area contributed by atoms with Gasteiger partial charge in [0.05, 0.1) is 6.04 Å². The highest BCUT2D eigenvalue weighted by Crippen LogP contribution is 2.42. The smallest absolute Gasteiger partial charge is 0.226 e. The number of nitrogens with zero attached hydrogens (tertiary/aromatic N) is 4. The van der Waals surface area contributed by atoms with E-state index < -0.39 is 0 Å². The van der Waals surface area contributed by atoms with Crippen LogP contribution in [0.5, 0.6) is 0 Å². The van der Waals surface area contributed by atoms with E-state index in [1.54, 1.807) is 0 Å². The molecule has 1 saturated heterocycles. The first kappa shape index (κ1) is 18.9. The minimum absolute atomic E-state index is 0.150. The van der Waals surface area contributed by atoms with Crippen LogP contribution in [-0.4, -0.2) is 32.1 Å². The molecule has 0 aromatic carbocycles. The van der Waals surface area contributed by atoms with Gasteiger partial charge in [-0.15, -0.1) is 10.2 Å². The van der Waals surface area contributed by atoms with E-state index in [0.717, 1.165) is 62.8 Å². The van der Waals surface area contributed by atoms with Crippen LogP contribution in [0.25, 0.3) is 0 Å². The maximum atomic E-state index is 13.4. The van der Waals surface area contributed by atoms with Gasteiger partial charge in [0.2, 0.25) is 5.91 Å². The fourth-order valence-corrected chi connectivity index (χ4v) is 5.49. The number of hydrogen-bond donors (Lipinski definition) is 0. The molecule has 1 aliphatic carbocycles. The summed E-state index contributed by atoms with van der Waals surface area (Å²) < 4.78 is 2.33. The number of likely N-dealkylation sites (tertiary alicyclic amines) is 1. The zero-order valence-electron chi connectivity index (χ0n) is 17.4. The topological polar surface area (TPSA) is 51.0 Å². The fourth-order valence-electron chi connectivity index (χ4n) is 5.49. The molecular formula is C22H36N4O. The maximum Gasteiger partial charge on any atom is 0.226 e. The molecule has 5 nitrogen and oxygen atoms in total. The largest absolute Gasteiger partial charge is 0.332 e. The van der Waals surface area contributed by atoms with Crippen molar-refractivity contribution >= 4 is 5.91 Å². The summed E-state index contributed by atoms with van der Waals surface area (Å²) in [5.41, 5.74) is 0.364. The molecule has 4 rings (SSSR count). The molecule has 2 aliphatic heterocycles. The quantitative estimate of drug-likeness (QED) is 0.767. The van der Waals surface area contributed by atoms with Gasteiger partial charge in [0, 0.05) is 25.4 Å². The second kappa shape index (κ2) is 7.56. The molecule has 150 valence electrons. The Bertz CT molecular complexity index is 666. The third kappa shape index (κ3) is 3.79. The molecule has 1 amide bonds. The summed E-state index contributed by atoms with van der Waals surface area (Å²) in [6.07, 6.45) is 11.4. The molecule has 3 heterocycles. The average molecular weight is 373 g/mol. The molecule has 27 heavy (non-hydrogen) atoms. The lowest BCUT2D eigenvalue weighted by atomic mass is 9.69. The third-order valence-corrected chi connectivity index (χ3v) is 7.27. The number of hydrogen-bond acceptors (Lipinski definition) is 3. The van der Waals surface area contributed by atoms with E-state index in [1.807, 2.05) is 0 Å². The minimum Gasteiger partial charge on any atom is -0.332 e. The first-order valence-electron chi connectivity index (χ1n) is 11.2. The zero-order chi connectivity index (χ0) is 19.0. The van der Waals surface area contributed by atoms with Crippen molar-refractivity contribution in [3.05, 3.63) is 11.6 Å². The Morgan fingerprint density at radius 3 is 2.44 bits per heavy atom. The number of carbonyl (C=O) groups is 1. The Morgan fingerprint density at radius 2 is 1.70 bits per heavy atom. The molecule has 0 radical (unpaired) electrons. The lowest BCUT2D eigenvalue weighted by Crippen LogP contribution is -2.39. The third-order valence-electron chi connectivity index (χ3n) is 7.27. The molecule has 2 fully saturated rings. The first-order valence-corrected chi connectivity index (χ1v) is 11.2. The number of carbonyl (C=O) groups excluding carboxylic acids is 1. The number of rotatable bonds is 2. The normalized spacial score (nSPS) is 29.4. The van der Waals surface area contributed by atoms with E-state index in [9.17, 15) is 4.79 Å². The molecule has 1 atom stereocenters. The Morgan fingerprint density at radius 1 is 0.926 bits per heavy atom. The van der Waals surface area contributed by atoms with Crippen LogP contribution >= 0.6 is 0 Å². The van der Waals surface area contributed by atoms with Crippen molar-refractivity contribution in [1.82, 2.24) is 19.7 Å². The van der Waals surface area contributed by atoms with Gasteiger partial charge >= 0.3 is 0 Å². The highest BCUT2D eigenvalue weighted by atomic mass is 16.2. The summed E-state index contributed by atoms with van der Waals surface area (Å²) in [6.45, 7) is 8.94. The second-order valence-corrected chi connectivity index (χ2v) is 10.0. The van der Waals surface area contributed by atoms with Crippen molar-refractivity contribution in [2.45, 2.75) is 97.6 Å². The van der Waals surface area contributed by atoms with Gasteiger partial charge in [0.1, 0.15) is 5.82 Å². The van der Waals surface area contributed by atoms with Crippen molar-refractivity contribution in [3.8, 4) is 0 Å². The predicted molar refractivity (Wildman–Crippen MR) is 106 cm³/mol. The van der Waals surface area contributed by atoms with Crippen LogP contribution in [0.1, 0.15) is 96.2 Å². The van der Waals surface area contributed by atoms with E-state index in [-0.39, 0.29) is 12.0 Å². The van der Waals surface area contributed by atoms with Crippen molar-refractivity contribution in [3.63, 3.8) is 0 Å². The maximum absolute atomic E-state index is 13.4. The standard InChI is InChI=1S/C22H36N4O/c1-22(2,3)17-12-10-16(11-13-17)21(27)25-15-7-8-18(25)20-24-23-19-9-5-4-6-14-26(19)20/h16-18H,4-15H2,1-3H3. The highest BCUT2D eigenvalue weighted by Gasteiger charge is 2.39. The SMILES string of the molecule is CC(C)(C)C1CCC(C(=O)N2CCCC2c2nnc3n2CCCCC3)CC1. The summed E-state index contributed by atoms with van der Waals surface area (Å²) in [5, 5.41) is 9.04. The summed E-state index contributed by atoms with van der Waals surface area (Å²) in [5.74, 6) is 3.54. The monoisotopic (exact) mass is 372 g/mol. The van der Waals surface area contributed by atoms with Gasteiger partial charge in [-0.05, 0) is 62.7 Å². The Labute approximate surface area is 163 Å². The van der Waals surface area contributed by atoms with Gasteiger partial charge in [0.25, 0.3) is 0 Å². The van der Waals surface area contributed by atoms with Gasteiger partial charge in [-0.2, -0.15) is 0 Å². The summed E-state index contributed by atoms with van der Waals surface area (Å²) >= 11 is 0. The Kier molecular flexibility index (Phi) is 5.30. The second-order valence-electron chi connectivity index (χ2n) is 10.0.